The van der Waals surface area contributed by atoms with Gasteiger partial charge in [0.05, 0.1) is 24.2 Å². The summed E-state index contributed by atoms with van der Waals surface area (Å²) >= 11 is 6.01. The zero-order valence-corrected chi connectivity index (χ0v) is 20.8. The van der Waals surface area contributed by atoms with Crippen molar-refractivity contribution in [1.82, 2.24) is 9.78 Å². The molecule has 6 nitrogen and oxygen atoms in total. The van der Waals surface area contributed by atoms with E-state index >= 15 is 0 Å². The molecular formula is C28H26ClFN4O2. The fourth-order valence-corrected chi connectivity index (χ4v) is 4.63. The Morgan fingerprint density at radius 2 is 1.86 bits per heavy atom. The molecule has 0 saturated heterocycles. The van der Waals surface area contributed by atoms with Gasteiger partial charge in [0.25, 0.3) is 0 Å². The van der Waals surface area contributed by atoms with E-state index in [2.05, 4.69) is 15.3 Å². The first-order chi connectivity index (χ1) is 17.4. The summed E-state index contributed by atoms with van der Waals surface area (Å²) in [5.74, 6) is 0.957. The van der Waals surface area contributed by atoms with Crippen LogP contribution >= 0.6 is 11.6 Å². The van der Waals surface area contributed by atoms with Crippen LogP contribution in [0.1, 0.15) is 22.4 Å². The summed E-state index contributed by atoms with van der Waals surface area (Å²) in [6.45, 7) is 3.50. The second-order valence-corrected chi connectivity index (χ2v) is 9.35. The molecule has 8 heteroatoms. The number of rotatable bonds is 7. The van der Waals surface area contributed by atoms with Gasteiger partial charge < -0.3 is 15.0 Å². The van der Waals surface area contributed by atoms with Crippen molar-refractivity contribution in [3.05, 3.63) is 100.0 Å². The van der Waals surface area contributed by atoms with E-state index in [1.54, 1.807) is 28.9 Å². The molecule has 5 rings (SSSR count). The highest BCUT2D eigenvalue weighted by atomic mass is 35.5. The van der Waals surface area contributed by atoms with E-state index in [-0.39, 0.29) is 18.1 Å². The lowest BCUT2D eigenvalue weighted by Gasteiger charge is -2.20. The average Bonchev–Trinajstić information content (AvgIpc) is 3.37. The number of carbonyl (C=O) groups is 1. The molecule has 0 atom stereocenters. The van der Waals surface area contributed by atoms with Crippen molar-refractivity contribution in [2.45, 2.75) is 26.3 Å². The Bertz CT molecular complexity index is 1400. The second kappa shape index (κ2) is 10.0. The van der Waals surface area contributed by atoms with Crippen LogP contribution < -0.4 is 15.0 Å². The summed E-state index contributed by atoms with van der Waals surface area (Å²) in [5, 5.41) is 8.19. The van der Waals surface area contributed by atoms with Crippen molar-refractivity contribution in [1.29, 1.82) is 0 Å². The number of nitrogens with zero attached hydrogens (tertiary/aromatic N) is 3. The highest BCUT2D eigenvalue weighted by Crippen LogP contribution is 2.35. The molecule has 1 N–H and O–H groups in total. The standard InChI is InChI=1S/C28H26ClFN4O2/c1-18-25(28(33(2)32-18)36-24-10-5-21(29)6-11-24)17-34-14-13-20-16-23(9-12-26(20)34)31-27(35)15-19-3-7-22(30)8-4-19/h3-12,16H,13-15,17H2,1-2H3,(H,31,35). The van der Waals surface area contributed by atoms with Gasteiger partial charge in [0, 0.05) is 30.0 Å². The minimum Gasteiger partial charge on any atom is -0.439 e. The summed E-state index contributed by atoms with van der Waals surface area (Å²) in [4.78, 5) is 14.8. The number of nitrogens with one attached hydrogen (secondary N) is 1. The van der Waals surface area contributed by atoms with Crippen LogP contribution in [-0.4, -0.2) is 22.2 Å². The van der Waals surface area contributed by atoms with Gasteiger partial charge in [-0.1, -0.05) is 23.7 Å². The van der Waals surface area contributed by atoms with Crippen LogP contribution in [0.5, 0.6) is 11.6 Å². The van der Waals surface area contributed by atoms with Gasteiger partial charge in [0.15, 0.2) is 0 Å². The molecule has 1 amide bonds. The molecule has 36 heavy (non-hydrogen) atoms. The number of halogens is 2. The van der Waals surface area contributed by atoms with Crippen LogP contribution in [0.25, 0.3) is 0 Å². The Balaban J connectivity index is 1.29. The second-order valence-electron chi connectivity index (χ2n) is 8.92. The van der Waals surface area contributed by atoms with Crippen LogP contribution in [0.15, 0.2) is 66.7 Å². The monoisotopic (exact) mass is 504 g/mol. The molecule has 0 bridgehead atoms. The Morgan fingerprint density at radius 1 is 1.11 bits per heavy atom. The molecule has 0 unspecified atom stereocenters. The van der Waals surface area contributed by atoms with Crippen molar-refractivity contribution < 1.29 is 13.9 Å². The van der Waals surface area contributed by atoms with Crippen LogP contribution in [0, 0.1) is 12.7 Å². The Kier molecular flexibility index (Phi) is 6.65. The quantitative estimate of drug-likeness (QED) is 0.332. The first kappa shape index (κ1) is 23.9. The van der Waals surface area contributed by atoms with Gasteiger partial charge in [-0.05, 0) is 79.1 Å². The predicted octanol–water partition coefficient (Wildman–Crippen LogP) is 6.06. The SMILES string of the molecule is Cc1nn(C)c(Oc2ccc(Cl)cc2)c1CN1CCc2cc(NC(=O)Cc3ccc(F)cc3)ccc21. The maximum Gasteiger partial charge on any atom is 0.228 e. The number of aryl methyl sites for hydroxylation is 2. The summed E-state index contributed by atoms with van der Waals surface area (Å²) in [6, 6.07) is 19.2. The molecule has 184 valence electrons. The third kappa shape index (κ3) is 5.21. The van der Waals surface area contributed by atoms with Gasteiger partial charge >= 0.3 is 0 Å². The van der Waals surface area contributed by atoms with E-state index in [4.69, 9.17) is 16.3 Å². The molecule has 0 aliphatic carbocycles. The normalized spacial score (nSPS) is 12.5. The van der Waals surface area contributed by atoms with Gasteiger partial charge in [-0.25, -0.2) is 9.07 Å². The van der Waals surface area contributed by atoms with E-state index in [9.17, 15) is 9.18 Å². The highest BCUT2D eigenvalue weighted by Gasteiger charge is 2.24. The van der Waals surface area contributed by atoms with Gasteiger partial charge in [0.2, 0.25) is 11.8 Å². The summed E-state index contributed by atoms with van der Waals surface area (Å²) < 4.78 is 21.0. The van der Waals surface area contributed by atoms with E-state index in [1.165, 1.54) is 17.7 Å². The lowest BCUT2D eigenvalue weighted by Crippen LogP contribution is -2.20. The number of benzene rings is 3. The third-order valence-corrected chi connectivity index (χ3v) is 6.55. The van der Waals surface area contributed by atoms with Gasteiger partial charge in [0.1, 0.15) is 11.6 Å². The molecule has 1 aliphatic rings. The Hall–Kier alpha value is -3.84. The van der Waals surface area contributed by atoms with Crippen molar-refractivity contribution in [2.24, 2.45) is 7.05 Å². The molecule has 0 radical (unpaired) electrons. The summed E-state index contributed by atoms with van der Waals surface area (Å²) in [5.41, 5.74) is 5.77. The maximum absolute atomic E-state index is 13.1. The van der Waals surface area contributed by atoms with E-state index < -0.39 is 0 Å². The predicted molar refractivity (Wildman–Crippen MR) is 139 cm³/mol. The van der Waals surface area contributed by atoms with Crippen LogP contribution in [0.3, 0.4) is 0 Å². The number of amides is 1. The number of hydrogen-bond acceptors (Lipinski definition) is 4. The fraction of sp³-hybridized carbons (Fsp3) is 0.214. The highest BCUT2D eigenvalue weighted by molar-refractivity contribution is 6.30. The van der Waals surface area contributed by atoms with E-state index in [0.29, 0.717) is 23.2 Å². The number of ether oxygens (including phenoxy) is 1. The molecule has 4 aromatic rings. The number of carbonyl (C=O) groups excluding carboxylic acids is 1. The number of fused-ring (bicyclic) bond motifs is 1. The lowest BCUT2D eigenvalue weighted by atomic mass is 10.1. The van der Waals surface area contributed by atoms with Crippen molar-refractivity contribution >= 4 is 28.9 Å². The molecule has 3 aromatic carbocycles. The molecule has 0 fully saturated rings. The summed E-state index contributed by atoms with van der Waals surface area (Å²) in [7, 11) is 1.88. The minimum atomic E-state index is -0.313. The van der Waals surface area contributed by atoms with Crippen LogP contribution in [0.4, 0.5) is 15.8 Å². The van der Waals surface area contributed by atoms with Gasteiger partial charge in [-0.2, -0.15) is 5.10 Å². The molecule has 2 heterocycles. The molecule has 0 spiro atoms. The molecule has 1 aromatic heterocycles. The maximum atomic E-state index is 13.1. The minimum absolute atomic E-state index is 0.133. The zero-order valence-electron chi connectivity index (χ0n) is 20.1. The van der Waals surface area contributed by atoms with E-state index in [0.717, 1.165) is 41.2 Å². The molecule has 1 aliphatic heterocycles. The molecule has 0 saturated carbocycles. The molecular weight excluding hydrogens is 479 g/mol. The zero-order chi connectivity index (χ0) is 25.2. The van der Waals surface area contributed by atoms with Crippen molar-refractivity contribution in [3.63, 3.8) is 0 Å². The Labute approximate surface area is 214 Å². The van der Waals surface area contributed by atoms with Crippen LogP contribution in [-0.2, 0) is 31.2 Å². The number of hydrogen-bond donors (Lipinski definition) is 1. The smallest absolute Gasteiger partial charge is 0.228 e. The van der Waals surface area contributed by atoms with Crippen LogP contribution in [0.2, 0.25) is 5.02 Å². The average molecular weight is 505 g/mol. The Morgan fingerprint density at radius 3 is 2.61 bits per heavy atom. The first-order valence-electron chi connectivity index (χ1n) is 11.7. The number of anilines is 2. The fourth-order valence-electron chi connectivity index (χ4n) is 4.50. The first-order valence-corrected chi connectivity index (χ1v) is 12.1. The number of aromatic nitrogens is 2. The third-order valence-electron chi connectivity index (χ3n) is 6.30. The summed E-state index contributed by atoms with van der Waals surface area (Å²) in [6.07, 6.45) is 1.07. The topological polar surface area (TPSA) is 59.4 Å². The largest absolute Gasteiger partial charge is 0.439 e. The van der Waals surface area contributed by atoms with Crippen molar-refractivity contribution in [2.75, 3.05) is 16.8 Å². The van der Waals surface area contributed by atoms with Crippen molar-refractivity contribution in [3.8, 4) is 11.6 Å². The van der Waals surface area contributed by atoms with E-state index in [1.807, 2.05) is 44.3 Å². The lowest BCUT2D eigenvalue weighted by molar-refractivity contribution is -0.115. The van der Waals surface area contributed by atoms with Gasteiger partial charge in [-0.15, -0.1) is 0 Å². The van der Waals surface area contributed by atoms with Gasteiger partial charge in [-0.3, -0.25) is 4.79 Å².